The van der Waals surface area contributed by atoms with Crippen LogP contribution in [0.1, 0.15) is 18.1 Å². The lowest BCUT2D eigenvalue weighted by molar-refractivity contribution is -0.385. The standard InChI is InChI=1S/C15H19N3O3.ClH/c1-10(13-7-16-8-13)15(19)17-5-4-11-2-3-14(18(20)21)6-12(11)9-17;/h2-3,6,10,13,16H,4-5,7-9H2,1H3;1H. The van der Waals surface area contributed by atoms with Crippen molar-refractivity contribution in [3.63, 3.8) is 0 Å². The summed E-state index contributed by atoms with van der Waals surface area (Å²) in [5.41, 5.74) is 2.12. The fourth-order valence-electron chi connectivity index (χ4n) is 3.00. The van der Waals surface area contributed by atoms with Gasteiger partial charge in [-0.3, -0.25) is 14.9 Å². The highest BCUT2D eigenvalue weighted by molar-refractivity contribution is 5.85. The molecule has 2 aliphatic heterocycles. The van der Waals surface area contributed by atoms with E-state index >= 15 is 0 Å². The van der Waals surface area contributed by atoms with E-state index in [1.54, 1.807) is 12.1 Å². The lowest BCUT2D eigenvalue weighted by Crippen LogP contribution is -2.51. The van der Waals surface area contributed by atoms with E-state index in [2.05, 4.69) is 5.32 Å². The molecular formula is C15H20ClN3O3. The van der Waals surface area contributed by atoms with Gasteiger partial charge in [0.05, 0.1) is 4.92 Å². The lowest BCUT2D eigenvalue weighted by Gasteiger charge is -2.36. The number of nitrogens with one attached hydrogen (secondary N) is 1. The van der Waals surface area contributed by atoms with Crippen LogP contribution < -0.4 is 5.32 Å². The van der Waals surface area contributed by atoms with Gasteiger partial charge in [-0.15, -0.1) is 12.4 Å². The quantitative estimate of drug-likeness (QED) is 0.678. The van der Waals surface area contributed by atoms with Gasteiger partial charge in [-0.05, 0) is 36.6 Å². The minimum absolute atomic E-state index is 0. The second-order valence-corrected chi connectivity index (χ2v) is 5.93. The average Bonchev–Trinajstić information content (AvgIpc) is 2.43. The van der Waals surface area contributed by atoms with Crippen molar-refractivity contribution in [3.05, 3.63) is 39.4 Å². The maximum Gasteiger partial charge on any atom is 0.269 e. The summed E-state index contributed by atoms with van der Waals surface area (Å²) in [6.07, 6.45) is 0.773. The van der Waals surface area contributed by atoms with Crippen molar-refractivity contribution in [1.29, 1.82) is 0 Å². The number of benzene rings is 1. The van der Waals surface area contributed by atoms with Crippen molar-refractivity contribution in [2.75, 3.05) is 19.6 Å². The van der Waals surface area contributed by atoms with Crippen molar-refractivity contribution >= 4 is 24.0 Å². The van der Waals surface area contributed by atoms with Gasteiger partial charge < -0.3 is 10.2 Å². The molecule has 3 rings (SSSR count). The van der Waals surface area contributed by atoms with Gasteiger partial charge in [0.1, 0.15) is 0 Å². The number of fused-ring (bicyclic) bond motifs is 1. The van der Waals surface area contributed by atoms with E-state index in [1.165, 1.54) is 0 Å². The van der Waals surface area contributed by atoms with Crippen LogP contribution in [-0.4, -0.2) is 35.4 Å². The number of amides is 1. The van der Waals surface area contributed by atoms with Gasteiger partial charge >= 0.3 is 0 Å². The topological polar surface area (TPSA) is 75.5 Å². The summed E-state index contributed by atoms with van der Waals surface area (Å²) in [6, 6.07) is 4.96. The Balaban J connectivity index is 0.00000176. The van der Waals surface area contributed by atoms with Crippen molar-refractivity contribution in [2.24, 2.45) is 11.8 Å². The van der Waals surface area contributed by atoms with Gasteiger partial charge in [0, 0.05) is 31.1 Å². The molecule has 1 unspecified atom stereocenters. The number of halogens is 1. The fourth-order valence-corrected chi connectivity index (χ4v) is 3.00. The number of nitrogens with zero attached hydrogens (tertiary/aromatic N) is 2. The normalized spacial score (nSPS) is 18.7. The SMILES string of the molecule is CC(C(=O)N1CCc2ccc([N+](=O)[O-])cc2C1)C1CNC1.Cl. The Morgan fingerprint density at radius 1 is 1.41 bits per heavy atom. The Morgan fingerprint density at radius 3 is 2.73 bits per heavy atom. The third kappa shape index (κ3) is 3.08. The van der Waals surface area contributed by atoms with Crippen molar-refractivity contribution in [2.45, 2.75) is 19.9 Å². The first-order valence-corrected chi connectivity index (χ1v) is 7.32. The molecule has 1 amide bonds. The van der Waals surface area contributed by atoms with Gasteiger partial charge in [-0.1, -0.05) is 13.0 Å². The van der Waals surface area contributed by atoms with E-state index in [4.69, 9.17) is 0 Å². The van der Waals surface area contributed by atoms with Crippen molar-refractivity contribution in [3.8, 4) is 0 Å². The highest BCUT2D eigenvalue weighted by atomic mass is 35.5. The molecule has 0 aromatic heterocycles. The number of carbonyl (C=O) groups is 1. The minimum atomic E-state index is -0.385. The second-order valence-electron chi connectivity index (χ2n) is 5.93. The van der Waals surface area contributed by atoms with E-state index in [0.717, 1.165) is 30.6 Å². The van der Waals surface area contributed by atoms with Crippen LogP contribution in [0.2, 0.25) is 0 Å². The van der Waals surface area contributed by atoms with Crippen LogP contribution in [0, 0.1) is 22.0 Å². The first-order chi connectivity index (χ1) is 10.1. The van der Waals surface area contributed by atoms with Gasteiger partial charge in [0.25, 0.3) is 5.69 Å². The summed E-state index contributed by atoms with van der Waals surface area (Å²) in [7, 11) is 0. The van der Waals surface area contributed by atoms with Gasteiger partial charge in [0.2, 0.25) is 5.91 Å². The fraction of sp³-hybridized carbons (Fsp3) is 0.533. The molecule has 22 heavy (non-hydrogen) atoms. The number of nitro benzene ring substituents is 1. The van der Waals surface area contributed by atoms with Crippen molar-refractivity contribution in [1.82, 2.24) is 10.2 Å². The summed E-state index contributed by atoms with van der Waals surface area (Å²) >= 11 is 0. The van der Waals surface area contributed by atoms with Crippen LogP contribution in [0.3, 0.4) is 0 Å². The van der Waals surface area contributed by atoms with Crippen LogP contribution in [0.4, 0.5) is 5.69 Å². The van der Waals surface area contributed by atoms with E-state index in [1.807, 2.05) is 17.9 Å². The highest BCUT2D eigenvalue weighted by Crippen LogP contribution is 2.26. The highest BCUT2D eigenvalue weighted by Gasteiger charge is 2.33. The molecule has 0 bridgehead atoms. The molecule has 7 heteroatoms. The molecule has 0 saturated carbocycles. The van der Waals surface area contributed by atoms with E-state index in [0.29, 0.717) is 19.0 Å². The molecule has 1 aromatic carbocycles. The molecule has 120 valence electrons. The molecular weight excluding hydrogens is 306 g/mol. The third-order valence-electron chi connectivity index (χ3n) is 4.63. The first kappa shape index (κ1) is 16.7. The van der Waals surface area contributed by atoms with Gasteiger partial charge in [-0.25, -0.2) is 0 Å². The summed E-state index contributed by atoms with van der Waals surface area (Å²) in [4.78, 5) is 24.8. The number of hydrogen-bond donors (Lipinski definition) is 1. The third-order valence-corrected chi connectivity index (χ3v) is 4.63. The molecule has 2 aliphatic rings. The molecule has 1 aromatic rings. The number of rotatable bonds is 3. The first-order valence-electron chi connectivity index (χ1n) is 7.32. The summed E-state index contributed by atoms with van der Waals surface area (Å²) < 4.78 is 0. The number of nitro groups is 1. The molecule has 1 saturated heterocycles. The number of carbonyl (C=O) groups excluding carboxylic acids is 1. The predicted molar refractivity (Wildman–Crippen MR) is 85.0 cm³/mol. The molecule has 1 fully saturated rings. The summed E-state index contributed by atoms with van der Waals surface area (Å²) in [6.45, 7) is 4.98. The van der Waals surface area contributed by atoms with Gasteiger partial charge in [-0.2, -0.15) is 0 Å². The molecule has 6 nitrogen and oxygen atoms in total. The second kappa shape index (κ2) is 6.62. The summed E-state index contributed by atoms with van der Waals surface area (Å²) in [5.74, 6) is 0.606. The molecule has 0 spiro atoms. The molecule has 1 N–H and O–H groups in total. The molecule has 2 heterocycles. The Kier molecular flexibility index (Phi) is 5.03. The van der Waals surface area contributed by atoms with Crippen LogP contribution in [-0.2, 0) is 17.8 Å². The summed E-state index contributed by atoms with van der Waals surface area (Å²) in [5, 5.41) is 14.1. The van der Waals surface area contributed by atoms with Crippen LogP contribution in [0.5, 0.6) is 0 Å². The number of non-ortho nitro benzene ring substituents is 1. The van der Waals surface area contributed by atoms with Crippen LogP contribution in [0.25, 0.3) is 0 Å². The minimum Gasteiger partial charge on any atom is -0.338 e. The zero-order chi connectivity index (χ0) is 15.0. The zero-order valence-electron chi connectivity index (χ0n) is 12.4. The Morgan fingerprint density at radius 2 is 2.14 bits per heavy atom. The van der Waals surface area contributed by atoms with Gasteiger partial charge in [0.15, 0.2) is 0 Å². The molecule has 0 radical (unpaired) electrons. The van der Waals surface area contributed by atoms with E-state index in [9.17, 15) is 14.9 Å². The lowest BCUT2D eigenvalue weighted by atomic mass is 9.87. The Hall–Kier alpha value is -1.66. The van der Waals surface area contributed by atoms with E-state index in [-0.39, 0.29) is 34.8 Å². The Labute approximate surface area is 135 Å². The molecule has 1 atom stereocenters. The predicted octanol–water partition coefficient (Wildman–Crippen LogP) is 1.76. The zero-order valence-corrected chi connectivity index (χ0v) is 13.3. The maximum atomic E-state index is 12.5. The average molecular weight is 326 g/mol. The van der Waals surface area contributed by atoms with Crippen LogP contribution in [0.15, 0.2) is 18.2 Å². The largest absolute Gasteiger partial charge is 0.338 e. The van der Waals surface area contributed by atoms with Crippen molar-refractivity contribution < 1.29 is 9.72 Å². The van der Waals surface area contributed by atoms with E-state index < -0.39 is 0 Å². The van der Waals surface area contributed by atoms with Crippen LogP contribution >= 0.6 is 12.4 Å². The monoisotopic (exact) mass is 325 g/mol. The molecule has 0 aliphatic carbocycles. The maximum absolute atomic E-state index is 12.5. The number of hydrogen-bond acceptors (Lipinski definition) is 4. The Bertz CT molecular complexity index is 589. The smallest absolute Gasteiger partial charge is 0.269 e.